The van der Waals surface area contributed by atoms with Crippen LogP contribution < -0.4 is 10.0 Å². The molecule has 0 aliphatic heterocycles. The number of hydrogen-bond acceptors (Lipinski definition) is 3. The normalized spacial score (nSPS) is 11.1. The smallest absolute Gasteiger partial charge is 0.316 e. The van der Waals surface area contributed by atoms with Gasteiger partial charge in [-0.2, -0.15) is 0 Å². The lowest BCUT2D eigenvalue weighted by Gasteiger charge is -2.12. The summed E-state index contributed by atoms with van der Waals surface area (Å²) in [5, 5.41) is 2.56. The molecule has 0 rings (SSSR count). The van der Waals surface area contributed by atoms with Crippen molar-refractivity contribution in [3.63, 3.8) is 0 Å². The van der Waals surface area contributed by atoms with Crippen LogP contribution in [0.15, 0.2) is 0 Å². The van der Waals surface area contributed by atoms with E-state index in [9.17, 15) is 13.2 Å². The van der Waals surface area contributed by atoms with Crippen LogP contribution in [0.5, 0.6) is 0 Å². The van der Waals surface area contributed by atoms with Crippen molar-refractivity contribution in [2.75, 3.05) is 32.9 Å². The zero-order valence-electron chi connectivity index (χ0n) is 9.41. The summed E-state index contributed by atoms with van der Waals surface area (Å²) in [5.41, 5.74) is 0. The van der Waals surface area contributed by atoms with Crippen molar-refractivity contribution in [1.29, 1.82) is 0 Å². The third-order valence-corrected chi connectivity index (χ3v) is 3.19. The maximum absolute atomic E-state index is 11.2. The van der Waals surface area contributed by atoms with Gasteiger partial charge < -0.3 is 10.2 Å². The summed E-state index contributed by atoms with van der Waals surface area (Å²) in [5.74, 6) is 0.120. The van der Waals surface area contributed by atoms with Crippen LogP contribution in [0.2, 0.25) is 0 Å². The lowest BCUT2D eigenvalue weighted by molar-refractivity contribution is 0.217. The molecule has 0 atom stereocenters. The molecule has 0 fully saturated rings. The minimum atomic E-state index is -3.16. The van der Waals surface area contributed by atoms with Crippen molar-refractivity contribution in [2.24, 2.45) is 0 Å². The average molecular weight is 237 g/mol. The quantitative estimate of drug-likeness (QED) is 0.616. The lowest BCUT2D eigenvalue weighted by Crippen LogP contribution is -2.40. The second-order valence-corrected chi connectivity index (χ2v) is 5.27. The minimum absolute atomic E-state index is 0.120. The predicted octanol–water partition coefficient (Wildman–Crippen LogP) is -0.413. The number of urea groups is 1. The third kappa shape index (κ3) is 7.15. The molecule has 0 saturated heterocycles. The number of sulfonamides is 1. The zero-order valence-corrected chi connectivity index (χ0v) is 10.2. The predicted molar refractivity (Wildman–Crippen MR) is 59.2 cm³/mol. The first-order valence-corrected chi connectivity index (χ1v) is 6.46. The number of carbonyl (C=O) groups is 1. The molecule has 2 amide bonds. The molecule has 0 bridgehead atoms. The fourth-order valence-electron chi connectivity index (χ4n) is 0.875. The Bertz CT molecular complexity index is 288. The number of nitrogens with zero attached hydrogens (tertiary/aromatic N) is 1. The third-order valence-electron chi connectivity index (χ3n) is 1.60. The highest BCUT2D eigenvalue weighted by molar-refractivity contribution is 7.89. The molecule has 0 radical (unpaired) electrons. The van der Waals surface area contributed by atoms with Crippen LogP contribution in [-0.2, 0) is 10.0 Å². The monoisotopic (exact) mass is 237 g/mol. The molecule has 0 aliphatic rings. The largest absolute Gasteiger partial charge is 0.337 e. The van der Waals surface area contributed by atoms with Crippen molar-refractivity contribution in [3.8, 4) is 0 Å². The van der Waals surface area contributed by atoms with Gasteiger partial charge in [-0.25, -0.2) is 17.9 Å². The van der Waals surface area contributed by atoms with E-state index in [4.69, 9.17) is 0 Å². The first-order chi connectivity index (χ1) is 6.89. The van der Waals surface area contributed by atoms with Crippen molar-refractivity contribution in [1.82, 2.24) is 14.9 Å². The van der Waals surface area contributed by atoms with Gasteiger partial charge in [-0.1, -0.05) is 6.92 Å². The number of amides is 2. The highest BCUT2D eigenvalue weighted by atomic mass is 32.2. The fraction of sp³-hybridized carbons (Fsp3) is 0.875. The van der Waals surface area contributed by atoms with Crippen molar-refractivity contribution < 1.29 is 13.2 Å². The Hall–Kier alpha value is -0.820. The van der Waals surface area contributed by atoms with Crippen LogP contribution >= 0.6 is 0 Å². The second kappa shape index (κ2) is 6.62. The summed E-state index contributed by atoms with van der Waals surface area (Å²) < 4.78 is 24.7. The molecular formula is C8H19N3O3S. The van der Waals surface area contributed by atoms with Crippen LogP contribution in [-0.4, -0.2) is 52.3 Å². The topological polar surface area (TPSA) is 78.5 Å². The van der Waals surface area contributed by atoms with Crippen molar-refractivity contribution >= 4 is 16.1 Å². The molecule has 0 aromatic heterocycles. The maximum Gasteiger partial charge on any atom is 0.316 e. The molecule has 0 saturated carbocycles. The van der Waals surface area contributed by atoms with Gasteiger partial charge in [0.25, 0.3) is 0 Å². The van der Waals surface area contributed by atoms with Gasteiger partial charge in [-0.05, 0) is 6.42 Å². The standard InChI is InChI=1S/C8H19N3O3S/c1-4-7-15(13,14)10-6-5-9-8(12)11(2)3/h10H,4-7H2,1-3H3,(H,9,12). The van der Waals surface area contributed by atoms with Crippen LogP contribution in [0, 0.1) is 0 Å². The summed E-state index contributed by atoms with van der Waals surface area (Å²) in [7, 11) is 0.0785. The van der Waals surface area contributed by atoms with Crippen LogP contribution in [0.4, 0.5) is 4.79 Å². The van der Waals surface area contributed by atoms with E-state index in [0.717, 1.165) is 0 Å². The molecule has 0 unspecified atom stereocenters. The van der Waals surface area contributed by atoms with Crippen LogP contribution in [0.1, 0.15) is 13.3 Å². The van der Waals surface area contributed by atoms with Crippen LogP contribution in [0.3, 0.4) is 0 Å². The van der Waals surface area contributed by atoms with Crippen molar-refractivity contribution in [2.45, 2.75) is 13.3 Å². The van der Waals surface area contributed by atoms with Gasteiger partial charge in [-0.3, -0.25) is 0 Å². The highest BCUT2D eigenvalue weighted by Crippen LogP contribution is 1.86. The Labute approximate surface area is 91.1 Å². The summed E-state index contributed by atoms with van der Waals surface area (Å²) >= 11 is 0. The van der Waals surface area contributed by atoms with Gasteiger partial charge in [0, 0.05) is 27.2 Å². The molecule has 2 N–H and O–H groups in total. The van der Waals surface area contributed by atoms with Gasteiger partial charge >= 0.3 is 6.03 Å². The van der Waals surface area contributed by atoms with E-state index in [1.54, 1.807) is 21.0 Å². The van der Waals surface area contributed by atoms with E-state index in [0.29, 0.717) is 13.0 Å². The molecule has 0 aromatic carbocycles. The minimum Gasteiger partial charge on any atom is -0.337 e. The highest BCUT2D eigenvalue weighted by Gasteiger charge is 2.07. The van der Waals surface area contributed by atoms with Gasteiger partial charge in [0.2, 0.25) is 10.0 Å². The molecule has 0 aliphatic carbocycles. The number of carbonyl (C=O) groups excluding carboxylic acids is 1. The van der Waals surface area contributed by atoms with Gasteiger partial charge in [0.1, 0.15) is 0 Å². The molecule has 6 nitrogen and oxygen atoms in total. The van der Waals surface area contributed by atoms with Crippen LogP contribution in [0.25, 0.3) is 0 Å². The summed E-state index contributed by atoms with van der Waals surface area (Å²) in [6, 6.07) is -0.232. The molecular weight excluding hydrogens is 218 g/mol. The first kappa shape index (κ1) is 14.2. The average Bonchev–Trinajstić information content (AvgIpc) is 2.11. The zero-order chi connectivity index (χ0) is 11.9. The molecule has 0 aromatic rings. The summed E-state index contributed by atoms with van der Waals surface area (Å²) in [6.45, 7) is 2.31. The maximum atomic E-state index is 11.2. The Morgan fingerprint density at radius 3 is 2.33 bits per heavy atom. The Kier molecular flexibility index (Phi) is 6.26. The first-order valence-electron chi connectivity index (χ1n) is 4.81. The fourth-order valence-corrected chi connectivity index (χ4v) is 1.97. The molecule has 0 spiro atoms. The Morgan fingerprint density at radius 1 is 1.27 bits per heavy atom. The van der Waals surface area contributed by atoms with Gasteiger partial charge in [0.05, 0.1) is 5.75 Å². The Morgan fingerprint density at radius 2 is 1.87 bits per heavy atom. The van der Waals surface area contributed by atoms with E-state index < -0.39 is 10.0 Å². The van der Waals surface area contributed by atoms with E-state index >= 15 is 0 Å². The summed E-state index contributed by atoms with van der Waals surface area (Å²) in [6.07, 6.45) is 0.583. The van der Waals surface area contributed by atoms with E-state index in [-0.39, 0.29) is 18.3 Å². The number of nitrogens with one attached hydrogen (secondary N) is 2. The molecule has 15 heavy (non-hydrogen) atoms. The number of rotatable bonds is 6. The van der Waals surface area contributed by atoms with Crippen molar-refractivity contribution in [3.05, 3.63) is 0 Å². The SMILES string of the molecule is CCCS(=O)(=O)NCCNC(=O)N(C)C. The lowest BCUT2D eigenvalue weighted by atomic mass is 10.6. The number of hydrogen-bond donors (Lipinski definition) is 2. The van der Waals surface area contributed by atoms with E-state index in [1.165, 1.54) is 4.90 Å². The second-order valence-electron chi connectivity index (χ2n) is 3.34. The van der Waals surface area contributed by atoms with E-state index in [1.807, 2.05) is 0 Å². The van der Waals surface area contributed by atoms with Gasteiger partial charge in [-0.15, -0.1) is 0 Å². The van der Waals surface area contributed by atoms with Gasteiger partial charge in [0.15, 0.2) is 0 Å². The molecule has 7 heteroatoms. The Balaban J connectivity index is 3.68. The summed E-state index contributed by atoms with van der Waals surface area (Å²) in [4.78, 5) is 12.4. The molecule has 90 valence electrons. The molecule has 0 heterocycles. The van der Waals surface area contributed by atoms with E-state index in [2.05, 4.69) is 10.0 Å².